The maximum atomic E-state index is 13.6. The van der Waals surface area contributed by atoms with E-state index in [0.717, 1.165) is 37.7 Å². The number of ether oxygens (including phenoxy) is 1. The van der Waals surface area contributed by atoms with Crippen molar-refractivity contribution in [1.82, 2.24) is 5.43 Å². The van der Waals surface area contributed by atoms with Crippen LogP contribution in [0.25, 0.3) is 11.0 Å². The first-order valence-corrected chi connectivity index (χ1v) is 7.03. The Morgan fingerprint density at radius 3 is 3.05 bits per heavy atom. The first-order valence-electron chi connectivity index (χ1n) is 7.03. The highest BCUT2D eigenvalue weighted by molar-refractivity contribution is 5.78. The monoisotopic (exact) mass is 278 g/mol. The van der Waals surface area contributed by atoms with E-state index in [0.29, 0.717) is 17.4 Å². The molecule has 3 N–H and O–H groups in total. The van der Waals surface area contributed by atoms with Gasteiger partial charge in [-0.3, -0.25) is 5.84 Å². The SMILES string of the molecule is NNC(CCC1CCCO1)c1cc2cccc(F)c2o1. The van der Waals surface area contributed by atoms with E-state index < -0.39 is 0 Å². The number of nitrogens with one attached hydrogen (secondary N) is 1. The maximum absolute atomic E-state index is 13.6. The van der Waals surface area contributed by atoms with E-state index in [2.05, 4.69) is 5.43 Å². The first kappa shape index (κ1) is 13.5. The van der Waals surface area contributed by atoms with Crippen molar-refractivity contribution in [1.29, 1.82) is 0 Å². The zero-order chi connectivity index (χ0) is 13.9. The summed E-state index contributed by atoms with van der Waals surface area (Å²) >= 11 is 0. The summed E-state index contributed by atoms with van der Waals surface area (Å²) in [6.45, 7) is 0.848. The molecule has 1 aliphatic heterocycles. The first-order chi connectivity index (χ1) is 9.78. The molecule has 2 heterocycles. The molecule has 1 aromatic carbocycles. The molecule has 2 atom stereocenters. The molecule has 0 aliphatic carbocycles. The van der Waals surface area contributed by atoms with E-state index in [1.165, 1.54) is 6.07 Å². The summed E-state index contributed by atoms with van der Waals surface area (Å²) in [6.07, 6.45) is 4.27. The molecule has 0 amide bonds. The van der Waals surface area contributed by atoms with E-state index in [9.17, 15) is 4.39 Å². The van der Waals surface area contributed by atoms with Gasteiger partial charge in [-0.1, -0.05) is 12.1 Å². The Labute approximate surface area is 117 Å². The number of halogens is 1. The highest BCUT2D eigenvalue weighted by atomic mass is 19.1. The van der Waals surface area contributed by atoms with Crippen molar-refractivity contribution in [3.05, 3.63) is 35.8 Å². The van der Waals surface area contributed by atoms with Gasteiger partial charge in [-0.25, -0.2) is 9.82 Å². The lowest BCUT2D eigenvalue weighted by atomic mass is 10.0. The summed E-state index contributed by atoms with van der Waals surface area (Å²) in [5.41, 5.74) is 3.04. The van der Waals surface area contributed by atoms with Crippen LogP contribution in [0.15, 0.2) is 28.7 Å². The Morgan fingerprint density at radius 2 is 2.35 bits per heavy atom. The normalized spacial score (nSPS) is 20.6. The van der Waals surface area contributed by atoms with Crippen LogP contribution >= 0.6 is 0 Å². The molecule has 1 fully saturated rings. The van der Waals surface area contributed by atoms with Crippen LogP contribution in [0.2, 0.25) is 0 Å². The predicted molar refractivity (Wildman–Crippen MR) is 74.4 cm³/mol. The van der Waals surface area contributed by atoms with E-state index in [1.807, 2.05) is 12.1 Å². The fourth-order valence-electron chi connectivity index (χ4n) is 2.75. The predicted octanol–water partition coefficient (Wildman–Crippen LogP) is 3.04. The Hall–Kier alpha value is -1.43. The van der Waals surface area contributed by atoms with Gasteiger partial charge in [0, 0.05) is 12.0 Å². The summed E-state index contributed by atoms with van der Waals surface area (Å²) in [5, 5.41) is 0.761. The number of hydrazine groups is 1. The molecular weight excluding hydrogens is 259 g/mol. The van der Waals surface area contributed by atoms with Crippen molar-refractivity contribution >= 4 is 11.0 Å². The molecule has 20 heavy (non-hydrogen) atoms. The highest BCUT2D eigenvalue weighted by Crippen LogP contribution is 2.29. The van der Waals surface area contributed by atoms with Gasteiger partial charge < -0.3 is 9.15 Å². The summed E-state index contributed by atoms with van der Waals surface area (Å²) < 4.78 is 24.8. The van der Waals surface area contributed by atoms with Crippen LogP contribution in [-0.4, -0.2) is 12.7 Å². The van der Waals surface area contributed by atoms with E-state index in [4.69, 9.17) is 15.0 Å². The summed E-state index contributed by atoms with van der Waals surface area (Å²) in [4.78, 5) is 0. The standard InChI is InChI=1S/C15H19FN2O2/c16-12-5-1-3-10-9-14(20-15(10)12)13(18-17)7-6-11-4-2-8-19-11/h1,3,5,9,11,13,18H,2,4,6-8,17H2. The molecule has 1 aromatic heterocycles. The fourth-order valence-corrected chi connectivity index (χ4v) is 2.75. The average Bonchev–Trinajstić information content (AvgIpc) is 3.09. The number of furan rings is 1. The molecule has 2 unspecified atom stereocenters. The number of rotatable bonds is 5. The van der Waals surface area contributed by atoms with Crippen LogP contribution < -0.4 is 11.3 Å². The van der Waals surface area contributed by atoms with Crippen molar-refractivity contribution in [2.75, 3.05) is 6.61 Å². The smallest absolute Gasteiger partial charge is 0.169 e. The van der Waals surface area contributed by atoms with E-state index in [1.54, 1.807) is 6.07 Å². The molecule has 0 radical (unpaired) electrons. The van der Waals surface area contributed by atoms with Gasteiger partial charge in [0.2, 0.25) is 0 Å². The molecule has 4 nitrogen and oxygen atoms in total. The van der Waals surface area contributed by atoms with Crippen molar-refractivity contribution in [3.63, 3.8) is 0 Å². The number of hydrogen-bond donors (Lipinski definition) is 2. The molecule has 1 aliphatic rings. The topological polar surface area (TPSA) is 60.4 Å². The molecule has 0 bridgehead atoms. The van der Waals surface area contributed by atoms with Gasteiger partial charge in [0.05, 0.1) is 12.1 Å². The quantitative estimate of drug-likeness (QED) is 0.652. The van der Waals surface area contributed by atoms with Crippen LogP contribution in [-0.2, 0) is 4.74 Å². The Morgan fingerprint density at radius 1 is 1.45 bits per heavy atom. The van der Waals surface area contributed by atoms with Crippen LogP contribution in [0.5, 0.6) is 0 Å². The minimum Gasteiger partial charge on any atom is -0.456 e. The third-order valence-electron chi connectivity index (χ3n) is 3.86. The van der Waals surface area contributed by atoms with Crippen molar-refractivity contribution < 1.29 is 13.5 Å². The van der Waals surface area contributed by atoms with Crippen molar-refractivity contribution in [3.8, 4) is 0 Å². The average molecular weight is 278 g/mol. The molecular formula is C15H19FN2O2. The lowest BCUT2D eigenvalue weighted by Gasteiger charge is -2.15. The number of hydrogen-bond acceptors (Lipinski definition) is 4. The lowest BCUT2D eigenvalue weighted by molar-refractivity contribution is 0.0989. The molecule has 2 aromatic rings. The van der Waals surface area contributed by atoms with Crippen molar-refractivity contribution in [2.45, 2.75) is 37.8 Å². The molecule has 5 heteroatoms. The van der Waals surface area contributed by atoms with Gasteiger partial charge in [0.1, 0.15) is 5.76 Å². The van der Waals surface area contributed by atoms with Gasteiger partial charge in [-0.05, 0) is 37.8 Å². The molecule has 0 spiro atoms. The second kappa shape index (κ2) is 5.91. The van der Waals surface area contributed by atoms with Crippen molar-refractivity contribution in [2.24, 2.45) is 5.84 Å². The van der Waals surface area contributed by atoms with Crippen LogP contribution in [0, 0.1) is 5.82 Å². The summed E-state index contributed by atoms with van der Waals surface area (Å²) in [5.74, 6) is 5.93. The fraction of sp³-hybridized carbons (Fsp3) is 0.467. The number of benzene rings is 1. The van der Waals surface area contributed by atoms with Gasteiger partial charge in [-0.15, -0.1) is 0 Å². The van der Waals surface area contributed by atoms with Crippen LogP contribution in [0.1, 0.15) is 37.5 Å². The van der Waals surface area contributed by atoms with Crippen LogP contribution in [0.3, 0.4) is 0 Å². The number of para-hydroxylation sites is 1. The largest absolute Gasteiger partial charge is 0.456 e. The Kier molecular flexibility index (Phi) is 4.00. The van der Waals surface area contributed by atoms with Gasteiger partial charge in [-0.2, -0.15) is 0 Å². The molecule has 3 rings (SSSR count). The molecule has 1 saturated heterocycles. The lowest BCUT2D eigenvalue weighted by Crippen LogP contribution is -2.28. The summed E-state index contributed by atoms with van der Waals surface area (Å²) in [6, 6.07) is 6.63. The minimum absolute atomic E-state index is 0.119. The highest BCUT2D eigenvalue weighted by Gasteiger charge is 2.21. The Bertz CT molecular complexity index is 578. The second-order valence-corrected chi connectivity index (χ2v) is 5.24. The zero-order valence-electron chi connectivity index (χ0n) is 11.3. The number of fused-ring (bicyclic) bond motifs is 1. The minimum atomic E-state index is -0.344. The van der Waals surface area contributed by atoms with E-state index in [-0.39, 0.29) is 11.9 Å². The van der Waals surface area contributed by atoms with Gasteiger partial charge in [0.15, 0.2) is 11.4 Å². The van der Waals surface area contributed by atoms with Gasteiger partial charge in [0.25, 0.3) is 0 Å². The number of nitrogens with two attached hydrogens (primary N) is 1. The zero-order valence-corrected chi connectivity index (χ0v) is 11.3. The second-order valence-electron chi connectivity index (χ2n) is 5.24. The van der Waals surface area contributed by atoms with Crippen LogP contribution in [0.4, 0.5) is 4.39 Å². The Balaban J connectivity index is 1.74. The van der Waals surface area contributed by atoms with Gasteiger partial charge >= 0.3 is 0 Å². The third-order valence-corrected chi connectivity index (χ3v) is 3.86. The van der Waals surface area contributed by atoms with E-state index >= 15 is 0 Å². The molecule has 108 valence electrons. The maximum Gasteiger partial charge on any atom is 0.169 e. The summed E-state index contributed by atoms with van der Waals surface area (Å²) in [7, 11) is 0. The molecule has 0 saturated carbocycles. The third kappa shape index (κ3) is 2.70.